The Hall–Kier alpha value is -2.07. The van der Waals surface area contributed by atoms with Crippen molar-refractivity contribution in [3.8, 4) is 5.75 Å². The summed E-state index contributed by atoms with van der Waals surface area (Å²) in [7, 11) is 0. The number of hydrogen-bond donors (Lipinski definition) is 2. The van der Waals surface area contributed by atoms with Gasteiger partial charge in [0, 0.05) is 12.2 Å². The van der Waals surface area contributed by atoms with Gasteiger partial charge in [0.15, 0.2) is 5.11 Å². The van der Waals surface area contributed by atoms with Crippen LogP contribution >= 0.6 is 12.2 Å². The molecule has 0 spiro atoms. The zero-order valence-corrected chi connectivity index (χ0v) is 14.5. The first kappa shape index (κ1) is 17.3. The Morgan fingerprint density at radius 1 is 1.09 bits per heavy atom. The molecular weight excluding hydrogens is 304 g/mol. The molecule has 0 radical (unpaired) electrons. The lowest BCUT2D eigenvalue weighted by atomic mass is 10.1. The minimum Gasteiger partial charge on any atom is -0.491 e. The Morgan fingerprint density at radius 2 is 1.87 bits per heavy atom. The van der Waals surface area contributed by atoms with E-state index in [9.17, 15) is 0 Å². The van der Waals surface area contributed by atoms with Crippen LogP contribution in [0.2, 0.25) is 0 Å². The second-order valence-corrected chi connectivity index (χ2v) is 6.07. The van der Waals surface area contributed by atoms with E-state index in [0.29, 0.717) is 5.11 Å². The van der Waals surface area contributed by atoms with Crippen LogP contribution in [0.5, 0.6) is 5.75 Å². The first-order valence-electron chi connectivity index (χ1n) is 7.99. The lowest BCUT2D eigenvalue weighted by molar-refractivity contribution is 0.242. The van der Waals surface area contributed by atoms with Gasteiger partial charge in [-0.1, -0.05) is 30.3 Å². The molecule has 0 saturated carbocycles. The number of para-hydroxylation sites is 1. The van der Waals surface area contributed by atoms with Gasteiger partial charge in [-0.05, 0) is 68.7 Å². The zero-order valence-electron chi connectivity index (χ0n) is 13.7. The first-order chi connectivity index (χ1) is 11.1. The molecule has 0 aliphatic carbocycles. The average molecular weight is 328 g/mol. The number of aryl methyl sites for hydroxylation is 1. The van der Waals surface area contributed by atoms with Crippen molar-refractivity contribution in [3.63, 3.8) is 0 Å². The van der Waals surface area contributed by atoms with Crippen molar-refractivity contribution in [2.24, 2.45) is 0 Å². The standard InChI is InChI=1S/C19H24N2OS/c1-15(2)22-18-12-6-8-16(14-18)9-7-13-20-19(23)21-17-10-4-3-5-11-17/h3-6,8,10-12,14-15H,7,9,13H2,1-2H3,(H2,20,21,23). The van der Waals surface area contributed by atoms with Gasteiger partial charge in [-0.15, -0.1) is 0 Å². The van der Waals surface area contributed by atoms with E-state index in [1.807, 2.05) is 56.3 Å². The lowest BCUT2D eigenvalue weighted by Crippen LogP contribution is -2.29. The van der Waals surface area contributed by atoms with Gasteiger partial charge < -0.3 is 15.4 Å². The predicted octanol–water partition coefficient (Wildman–Crippen LogP) is 4.39. The van der Waals surface area contributed by atoms with Crippen molar-refractivity contribution in [3.05, 3.63) is 60.2 Å². The smallest absolute Gasteiger partial charge is 0.170 e. The van der Waals surface area contributed by atoms with Crippen molar-refractivity contribution in [2.75, 3.05) is 11.9 Å². The summed E-state index contributed by atoms with van der Waals surface area (Å²) >= 11 is 5.29. The van der Waals surface area contributed by atoms with E-state index in [0.717, 1.165) is 30.8 Å². The van der Waals surface area contributed by atoms with Gasteiger partial charge in [0.2, 0.25) is 0 Å². The molecule has 0 aromatic heterocycles. The molecule has 0 unspecified atom stereocenters. The van der Waals surface area contributed by atoms with Gasteiger partial charge in [-0.2, -0.15) is 0 Å². The zero-order chi connectivity index (χ0) is 16.5. The van der Waals surface area contributed by atoms with Gasteiger partial charge in [-0.3, -0.25) is 0 Å². The molecule has 2 N–H and O–H groups in total. The monoisotopic (exact) mass is 328 g/mol. The molecule has 122 valence electrons. The molecule has 23 heavy (non-hydrogen) atoms. The number of thiocarbonyl (C=S) groups is 1. The van der Waals surface area contributed by atoms with Crippen LogP contribution in [0.25, 0.3) is 0 Å². The molecule has 2 aromatic carbocycles. The van der Waals surface area contributed by atoms with Crippen LogP contribution in [0.4, 0.5) is 5.69 Å². The van der Waals surface area contributed by atoms with Crippen LogP contribution in [-0.4, -0.2) is 17.8 Å². The molecule has 2 aromatic rings. The van der Waals surface area contributed by atoms with E-state index in [1.54, 1.807) is 0 Å². The van der Waals surface area contributed by atoms with Crippen LogP contribution in [0, 0.1) is 0 Å². The molecule has 0 heterocycles. The second kappa shape index (κ2) is 9.16. The summed E-state index contributed by atoms with van der Waals surface area (Å²) in [5, 5.41) is 7.07. The summed E-state index contributed by atoms with van der Waals surface area (Å²) in [6.07, 6.45) is 2.21. The number of rotatable bonds is 7. The van der Waals surface area contributed by atoms with Gasteiger partial charge in [-0.25, -0.2) is 0 Å². The van der Waals surface area contributed by atoms with Crippen LogP contribution in [0.3, 0.4) is 0 Å². The van der Waals surface area contributed by atoms with Crippen LogP contribution in [0.1, 0.15) is 25.8 Å². The largest absolute Gasteiger partial charge is 0.491 e. The quantitative estimate of drug-likeness (QED) is 0.583. The van der Waals surface area contributed by atoms with Gasteiger partial charge >= 0.3 is 0 Å². The van der Waals surface area contributed by atoms with Crippen molar-refractivity contribution < 1.29 is 4.74 Å². The highest BCUT2D eigenvalue weighted by molar-refractivity contribution is 7.80. The number of ether oxygens (including phenoxy) is 1. The molecule has 0 aliphatic heterocycles. The maximum atomic E-state index is 5.72. The molecule has 0 bridgehead atoms. The fraction of sp³-hybridized carbons (Fsp3) is 0.316. The third kappa shape index (κ3) is 6.70. The van der Waals surface area contributed by atoms with E-state index >= 15 is 0 Å². The maximum Gasteiger partial charge on any atom is 0.170 e. The SMILES string of the molecule is CC(C)Oc1cccc(CCCNC(=S)Nc2ccccc2)c1. The molecule has 0 atom stereocenters. The van der Waals surface area contributed by atoms with Crippen LogP contribution in [0.15, 0.2) is 54.6 Å². The highest BCUT2D eigenvalue weighted by Crippen LogP contribution is 2.16. The molecule has 3 nitrogen and oxygen atoms in total. The van der Waals surface area contributed by atoms with Crippen molar-refractivity contribution in [1.29, 1.82) is 0 Å². The molecule has 2 rings (SSSR count). The van der Waals surface area contributed by atoms with Crippen molar-refractivity contribution in [2.45, 2.75) is 32.8 Å². The summed E-state index contributed by atoms with van der Waals surface area (Å²) in [5.41, 5.74) is 2.29. The molecule has 0 saturated heterocycles. The molecule has 0 aliphatic rings. The topological polar surface area (TPSA) is 33.3 Å². The molecule has 0 amide bonds. The van der Waals surface area contributed by atoms with Gasteiger partial charge in [0.25, 0.3) is 0 Å². The van der Waals surface area contributed by atoms with E-state index in [2.05, 4.69) is 22.8 Å². The number of anilines is 1. The second-order valence-electron chi connectivity index (χ2n) is 5.66. The minimum absolute atomic E-state index is 0.202. The predicted molar refractivity (Wildman–Crippen MR) is 101 cm³/mol. The third-order valence-electron chi connectivity index (χ3n) is 3.23. The molecule has 4 heteroatoms. The normalized spacial score (nSPS) is 10.4. The van der Waals surface area contributed by atoms with Gasteiger partial charge in [0.1, 0.15) is 5.75 Å². The third-order valence-corrected chi connectivity index (χ3v) is 3.48. The average Bonchev–Trinajstić information content (AvgIpc) is 2.52. The maximum absolute atomic E-state index is 5.72. The molecule has 0 fully saturated rings. The minimum atomic E-state index is 0.202. The van der Waals surface area contributed by atoms with Gasteiger partial charge in [0.05, 0.1) is 6.10 Å². The fourth-order valence-electron chi connectivity index (χ4n) is 2.24. The lowest BCUT2D eigenvalue weighted by Gasteiger charge is -2.12. The summed E-state index contributed by atoms with van der Waals surface area (Å²) in [4.78, 5) is 0. The summed E-state index contributed by atoms with van der Waals surface area (Å²) in [5.74, 6) is 0.937. The Morgan fingerprint density at radius 3 is 2.61 bits per heavy atom. The van der Waals surface area contributed by atoms with E-state index < -0.39 is 0 Å². The Balaban J connectivity index is 1.70. The number of nitrogens with one attached hydrogen (secondary N) is 2. The highest BCUT2D eigenvalue weighted by atomic mass is 32.1. The van der Waals surface area contributed by atoms with Crippen LogP contribution < -0.4 is 15.4 Å². The first-order valence-corrected chi connectivity index (χ1v) is 8.40. The van der Waals surface area contributed by atoms with Crippen molar-refractivity contribution >= 4 is 23.0 Å². The number of benzene rings is 2. The highest BCUT2D eigenvalue weighted by Gasteiger charge is 2.00. The fourth-order valence-corrected chi connectivity index (χ4v) is 2.46. The summed E-state index contributed by atoms with van der Waals surface area (Å²) in [6, 6.07) is 18.2. The van der Waals surface area contributed by atoms with Crippen molar-refractivity contribution in [1.82, 2.24) is 5.32 Å². The van der Waals surface area contributed by atoms with E-state index in [1.165, 1.54) is 5.56 Å². The Kier molecular flexibility index (Phi) is 6.88. The Bertz CT molecular complexity index is 614. The summed E-state index contributed by atoms with van der Waals surface area (Å²) in [6.45, 7) is 4.92. The Labute approximate surface area is 144 Å². The number of hydrogen-bond acceptors (Lipinski definition) is 2. The van der Waals surface area contributed by atoms with Crippen LogP contribution in [-0.2, 0) is 6.42 Å². The van der Waals surface area contributed by atoms with E-state index in [-0.39, 0.29) is 6.10 Å². The molecular formula is C19H24N2OS. The van der Waals surface area contributed by atoms with E-state index in [4.69, 9.17) is 17.0 Å². The summed E-state index contributed by atoms with van der Waals surface area (Å²) < 4.78 is 5.72.